The second kappa shape index (κ2) is 8.60. The Bertz CT molecular complexity index is 1340. The molecule has 0 saturated carbocycles. The summed E-state index contributed by atoms with van der Waals surface area (Å²) < 4.78 is 7.54. The third kappa shape index (κ3) is 4.02. The highest BCUT2D eigenvalue weighted by molar-refractivity contribution is 7.16. The summed E-state index contributed by atoms with van der Waals surface area (Å²) in [5, 5.41) is 0. The Balaban J connectivity index is 1.84. The van der Waals surface area contributed by atoms with Crippen molar-refractivity contribution in [3.05, 3.63) is 74.3 Å². The predicted molar refractivity (Wildman–Crippen MR) is 119 cm³/mol. The topological polar surface area (TPSA) is 127 Å². The molecular formula is C21H21N5O4S. The van der Waals surface area contributed by atoms with E-state index in [-0.39, 0.29) is 18.1 Å². The summed E-state index contributed by atoms with van der Waals surface area (Å²) in [6.07, 6.45) is 3.02. The highest BCUT2D eigenvalue weighted by Crippen LogP contribution is 2.25. The molecule has 31 heavy (non-hydrogen) atoms. The van der Waals surface area contributed by atoms with Crippen LogP contribution in [0.2, 0.25) is 0 Å². The minimum atomic E-state index is -0.728. The van der Waals surface area contributed by atoms with E-state index in [9.17, 15) is 14.4 Å². The van der Waals surface area contributed by atoms with Crippen LogP contribution in [0.3, 0.4) is 0 Å². The summed E-state index contributed by atoms with van der Waals surface area (Å²) in [6.45, 7) is 2.29. The van der Waals surface area contributed by atoms with Gasteiger partial charge < -0.3 is 10.2 Å². The number of amides is 1. The van der Waals surface area contributed by atoms with Gasteiger partial charge in [0.1, 0.15) is 11.6 Å². The van der Waals surface area contributed by atoms with Gasteiger partial charge in [-0.25, -0.2) is 9.78 Å². The lowest BCUT2D eigenvalue weighted by Crippen LogP contribution is -2.41. The van der Waals surface area contributed by atoms with Gasteiger partial charge in [-0.1, -0.05) is 13.3 Å². The molecule has 0 atom stereocenters. The SMILES string of the molecule is CCCCn1c(N)c(N(Cc2ccco2)C(=O)c2ccc3ncsc3c2)c(=O)[nH]c1=O. The zero-order chi connectivity index (χ0) is 22.0. The molecule has 3 heterocycles. The van der Waals surface area contributed by atoms with E-state index in [0.717, 1.165) is 16.6 Å². The molecule has 3 N–H and O–H groups in total. The maximum absolute atomic E-state index is 13.5. The van der Waals surface area contributed by atoms with E-state index in [1.54, 1.807) is 35.8 Å². The third-order valence-electron chi connectivity index (χ3n) is 4.94. The summed E-state index contributed by atoms with van der Waals surface area (Å²) in [5.41, 5.74) is 7.70. The minimum Gasteiger partial charge on any atom is -0.467 e. The lowest BCUT2D eigenvalue weighted by Gasteiger charge is -2.24. The average Bonchev–Trinajstić information content (AvgIpc) is 3.43. The quantitative estimate of drug-likeness (QED) is 0.456. The summed E-state index contributed by atoms with van der Waals surface area (Å²) >= 11 is 1.41. The van der Waals surface area contributed by atoms with E-state index >= 15 is 0 Å². The molecule has 0 aliphatic heterocycles. The number of carbonyl (C=O) groups is 1. The molecular weight excluding hydrogens is 418 g/mol. The molecule has 9 nitrogen and oxygen atoms in total. The number of hydrogen-bond acceptors (Lipinski definition) is 7. The van der Waals surface area contributed by atoms with Gasteiger partial charge in [0.25, 0.3) is 11.5 Å². The highest BCUT2D eigenvalue weighted by atomic mass is 32.1. The molecule has 0 aliphatic rings. The number of hydrogen-bond donors (Lipinski definition) is 2. The van der Waals surface area contributed by atoms with Crippen LogP contribution in [-0.2, 0) is 13.1 Å². The fraction of sp³-hybridized carbons (Fsp3) is 0.238. The lowest BCUT2D eigenvalue weighted by atomic mass is 10.1. The molecule has 1 aromatic carbocycles. The zero-order valence-electron chi connectivity index (χ0n) is 16.8. The van der Waals surface area contributed by atoms with Gasteiger partial charge in [-0.2, -0.15) is 0 Å². The van der Waals surface area contributed by atoms with Crippen molar-refractivity contribution in [2.75, 3.05) is 10.6 Å². The van der Waals surface area contributed by atoms with Crippen LogP contribution in [0.4, 0.5) is 11.5 Å². The van der Waals surface area contributed by atoms with Crippen LogP contribution >= 0.6 is 11.3 Å². The van der Waals surface area contributed by atoms with Crippen LogP contribution in [0.1, 0.15) is 35.9 Å². The van der Waals surface area contributed by atoms with Crippen molar-refractivity contribution in [3.63, 3.8) is 0 Å². The number of thiazole rings is 1. The standard InChI is InChI=1S/C21H21N5O4S/c1-2-3-8-25-18(22)17(19(27)24-21(25)29)26(11-14-5-4-9-30-14)20(28)13-6-7-15-16(10-13)31-12-23-15/h4-7,9-10,12H,2-3,8,11,22H2,1H3,(H,24,27,29). The van der Waals surface area contributed by atoms with Crippen LogP contribution < -0.4 is 21.9 Å². The second-order valence-electron chi connectivity index (χ2n) is 7.00. The Morgan fingerprint density at radius 2 is 2.16 bits per heavy atom. The molecule has 0 radical (unpaired) electrons. The van der Waals surface area contributed by atoms with E-state index in [2.05, 4.69) is 9.97 Å². The van der Waals surface area contributed by atoms with Crippen molar-refractivity contribution in [3.8, 4) is 0 Å². The first-order valence-electron chi connectivity index (χ1n) is 9.79. The van der Waals surface area contributed by atoms with E-state index in [1.807, 2.05) is 6.92 Å². The Hall–Kier alpha value is -3.66. The van der Waals surface area contributed by atoms with Crippen molar-refractivity contribution in [1.82, 2.24) is 14.5 Å². The number of carbonyl (C=O) groups excluding carboxylic acids is 1. The first-order valence-corrected chi connectivity index (χ1v) is 10.7. The van der Waals surface area contributed by atoms with Gasteiger partial charge in [0.2, 0.25) is 0 Å². The molecule has 10 heteroatoms. The number of aromatic amines is 1. The molecule has 4 aromatic rings. The Labute approximate surface area is 180 Å². The third-order valence-corrected chi connectivity index (χ3v) is 5.73. The summed E-state index contributed by atoms with van der Waals surface area (Å²) in [4.78, 5) is 46.4. The first-order chi connectivity index (χ1) is 15.0. The predicted octanol–water partition coefficient (Wildman–Crippen LogP) is 2.97. The number of aromatic nitrogens is 3. The van der Waals surface area contributed by atoms with Crippen LogP contribution in [0.25, 0.3) is 10.2 Å². The summed E-state index contributed by atoms with van der Waals surface area (Å²) in [5.74, 6) is -0.0251. The average molecular weight is 439 g/mol. The molecule has 0 spiro atoms. The number of nitrogens with two attached hydrogens (primary N) is 1. The molecule has 0 saturated heterocycles. The number of nitrogens with one attached hydrogen (secondary N) is 1. The number of H-pyrrole nitrogens is 1. The van der Waals surface area contributed by atoms with Crippen LogP contribution in [0, 0.1) is 0 Å². The molecule has 1 amide bonds. The van der Waals surface area contributed by atoms with E-state index < -0.39 is 17.2 Å². The normalized spacial score (nSPS) is 11.1. The maximum Gasteiger partial charge on any atom is 0.330 e. The molecule has 160 valence electrons. The maximum atomic E-state index is 13.5. The van der Waals surface area contributed by atoms with Crippen molar-refractivity contribution in [2.45, 2.75) is 32.9 Å². The molecule has 0 unspecified atom stereocenters. The van der Waals surface area contributed by atoms with Gasteiger partial charge >= 0.3 is 5.69 Å². The number of unbranched alkanes of at least 4 members (excludes halogenated alkanes) is 1. The molecule has 3 aromatic heterocycles. The number of rotatable bonds is 7. The van der Waals surface area contributed by atoms with Crippen molar-refractivity contribution >= 4 is 39.0 Å². The monoisotopic (exact) mass is 439 g/mol. The highest BCUT2D eigenvalue weighted by Gasteiger charge is 2.26. The van der Waals surface area contributed by atoms with E-state index in [4.69, 9.17) is 10.2 Å². The van der Waals surface area contributed by atoms with Gasteiger partial charge in [-0.15, -0.1) is 11.3 Å². The van der Waals surface area contributed by atoms with Gasteiger partial charge in [0.05, 0.1) is 28.5 Å². The van der Waals surface area contributed by atoms with Gasteiger partial charge in [0, 0.05) is 12.1 Å². The van der Waals surface area contributed by atoms with Crippen molar-refractivity contribution < 1.29 is 9.21 Å². The summed E-state index contributed by atoms with van der Waals surface area (Å²) in [7, 11) is 0. The van der Waals surface area contributed by atoms with Crippen molar-refractivity contribution in [2.24, 2.45) is 0 Å². The number of fused-ring (bicyclic) bond motifs is 1. The number of furan rings is 1. The molecule has 0 bridgehead atoms. The molecule has 0 aliphatic carbocycles. The van der Waals surface area contributed by atoms with E-state index in [0.29, 0.717) is 24.3 Å². The largest absolute Gasteiger partial charge is 0.467 e. The number of anilines is 2. The molecule has 0 fully saturated rings. The van der Waals surface area contributed by atoms with Crippen LogP contribution in [0.15, 0.2) is 56.1 Å². The number of nitrogen functional groups attached to an aromatic ring is 1. The second-order valence-corrected chi connectivity index (χ2v) is 7.89. The minimum absolute atomic E-state index is 0.0220. The smallest absolute Gasteiger partial charge is 0.330 e. The lowest BCUT2D eigenvalue weighted by molar-refractivity contribution is 0.0983. The fourth-order valence-electron chi connectivity index (χ4n) is 3.33. The first kappa shape index (κ1) is 20.6. The van der Waals surface area contributed by atoms with Gasteiger partial charge in [0.15, 0.2) is 5.69 Å². The Kier molecular flexibility index (Phi) is 5.72. The molecule has 4 rings (SSSR count). The number of benzene rings is 1. The van der Waals surface area contributed by atoms with Gasteiger partial charge in [-0.3, -0.25) is 24.0 Å². The fourth-order valence-corrected chi connectivity index (χ4v) is 4.05. The summed E-state index contributed by atoms with van der Waals surface area (Å²) in [6, 6.07) is 8.51. The van der Waals surface area contributed by atoms with Crippen molar-refractivity contribution in [1.29, 1.82) is 0 Å². The van der Waals surface area contributed by atoms with E-state index in [1.165, 1.54) is 27.1 Å². The Morgan fingerprint density at radius 1 is 1.32 bits per heavy atom. The number of nitrogens with zero attached hydrogens (tertiary/aromatic N) is 3. The Morgan fingerprint density at radius 3 is 2.90 bits per heavy atom. The zero-order valence-corrected chi connectivity index (χ0v) is 17.6. The van der Waals surface area contributed by atoms with Crippen LogP contribution in [-0.4, -0.2) is 20.4 Å². The van der Waals surface area contributed by atoms with Crippen LogP contribution in [0.5, 0.6) is 0 Å². The van der Waals surface area contributed by atoms with Gasteiger partial charge in [-0.05, 0) is 36.8 Å².